The van der Waals surface area contributed by atoms with Crippen LogP contribution in [0.1, 0.15) is 11.1 Å². The second-order valence-electron chi connectivity index (χ2n) is 5.82. The van der Waals surface area contributed by atoms with Crippen molar-refractivity contribution in [3.05, 3.63) is 71.1 Å². The summed E-state index contributed by atoms with van der Waals surface area (Å²) in [6, 6.07) is 11.0. The minimum Gasteiger partial charge on any atom is -0.483 e. The zero-order valence-electron chi connectivity index (χ0n) is 14.4. The van der Waals surface area contributed by atoms with Gasteiger partial charge >= 0.3 is 0 Å². The number of anilines is 1. The third kappa shape index (κ3) is 5.07. The van der Waals surface area contributed by atoms with E-state index in [0.717, 1.165) is 18.5 Å². The molecule has 1 N–H and O–H groups in total. The molecular weight excluding hydrogens is 352 g/mol. The number of hydrogen-bond donors (Lipinski definition) is 1. The van der Waals surface area contributed by atoms with Gasteiger partial charge in [0.05, 0.1) is 0 Å². The molecule has 0 radical (unpaired) electrons. The minimum atomic E-state index is -0.265. The van der Waals surface area contributed by atoms with Crippen molar-refractivity contribution < 1.29 is 9.53 Å². The number of pyridine rings is 1. The summed E-state index contributed by atoms with van der Waals surface area (Å²) in [7, 11) is 0. The van der Waals surface area contributed by atoms with Crippen molar-refractivity contribution in [2.45, 2.75) is 19.9 Å². The number of nitrogens with zero attached hydrogens (tertiary/aromatic N) is 3. The number of amides is 1. The lowest BCUT2D eigenvalue weighted by Crippen LogP contribution is -2.20. The van der Waals surface area contributed by atoms with Gasteiger partial charge in [-0.05, 0) is 54.8 Å². The first-order valence-corrected chi connectivity index (χ1v) is 8.59. The van der Waals surface area contributed by atoms with E-state index in [0.29, 0.717) is 16.6 Å². The summed E-state index contributed by atoms with van der Waals surface area (Å²) >= 11 is 5.91. The SMILES string of the molecule is Cc1cc(Cl)ccc1OCC(=O)Nc1ccn(CCc2ccncc2)n1. The molecule has 3 aromatic rings. The summed E-state index contributed by atoms with van der Waals surface area (Å²) < 4.78 is 7.32. The van der Waals surface area contributed by atoms with Gasteiger partial charge in [0.1, 0.15) is 5.75 Å². The highest BCUT2D eigenvalue weighted by molar-refractivity contribution is 6.30. The van der Waals surface area contributed by atoms with Crippen LogP contribution in [0.2, 0.25) is 5.02 Å². The summed E-state index contributed by atoms with van der Waals surface area (Å²) in [6.45, 7) is 2.51. The number of benzene rings is 1. The van der Waals surface area contributed by atoms with Gasteiger partial charge in [-0.15, -0.1) is 0 Å². The molecule has 0 atom stereocenters. The minimum absolute atomic E-state index is 0.0909. The second-order valence-corrected chi connectivity index (χ2v) is 6.25. The van der Waals surface area contributed by atoms with Crippen molar-refractivity contribution in [3.8, 4) is 5.75 Å². The van der Waals surface area contributed by atoms with E-state index in [1.165, 1.54) is 5.56 Å². The van der Waals surface area contributed by atoms with E-state index in [2.05, 4.69) is 15.4 Å². The first-order valence-electron chi connectivity index (χ1n) is 8.21. The quantitative estimate of drug-likeness (QED) is 0.691. The fourth-order valence-electron chi connectivity index (χ4n) is 2.44. The maximum Gasteiger partial charge on any atom is 0.263 e. The predicted molar refractivity (Wildman–Crippen MR) is 100 cm³/mol. The van der Waals surface area contributed by atoms with E-state index in [1.807, 2.05) is 25.3 Å². The maximum absolute atomic E-state index is 12.0. The Hall–Kier alpha value is -2.86. The molecule has 2 aromatic heterocycles. The number of rotatable bonds is 7. The van der Waals surface area contributed by atoms with Crippen LogP contribution in [0.15, 0.2) is 55.0 Å². The molecule has 0 bridgehead atoms. The molecule has 0 saturated heterocycles. The van der Waals surface area contributed by atoms with E-state index in [9.17, 15) is 4.79 Å². The summed E-state index contributed by atoms with van der Waals surface area (Å²) in [5.74, 6) is 0.868. The van der Waals surface area contributed by atoms with Gasteiger partial charge in [-0.1, -0.05) is 11.6 Å². The highest BCUT2D eigenvalue weighted by atomic mass is 35.5. The number of hydrogen-bond acceptors (Lipinski definition) is 4. The zero-order valence-corrected chi connectivity index (χ0v) is 15.1. The smallest absolute Gasteiger partial charge is 0.263 e. The highest BCUT2D eigenvalue weighted by Gasteiger charge is 2.08. The van der Waals surface area contributed by atoms with Crippen LogP contribution >= 0.6 is 11.6 Å². The number of carbonyl (C=O) groups excluding carboxylic acids is 1. The van der Waals surface area contributed by atoms with Gasteiger partial charge < -0.3 is 10.1 Å². The van der Waals surface area contributed by atoms with Crippen LogP contribution in [0.3, 0.4) is 0 Å². The molecule has 2 heterocycles. The average molecular weight is 371 g/mol. The number of ether oxygens (including phenoxy) is 1. The van der Waals surface area contributed by atoms with Gasteiger partial charge in [-0.3, -0.25) is 14.5 Å². The molecule has 0 aliphatic rings. The van der Waals surface area contributed by atoms with Crippen molar-refractivity contribution in [1.82, 2.24) is 14.8 Å². The van der Waals surface area contributed by atoms with E-state index in [1.54, 1.807) is 41.3 Å². The van der Waals surface area contributed by atoms with E-state index in [-0.39, 0.29) is 12.5 Å². The van der Waals surface area contributed by atoms with Gasteiger partial charge in [0, 0.05) is 36.2 Å². The van der Waals surface area contributed by atoms with E-state index < -0.39 is 0 Å². The molecule has 1 amide bonds. The fraction of sp³-hybridized carbons (Fsp3) is 0.211. The lowest BCUT2D eigenvalue weighted by atomic mass is 10.2. The van der Waals surface area contributed by atoms with Gasteiger partial charge in [0.15, 0.2) is 12.4 Å². The monoisotopic (exact) mass is 370 g/mol. The fourth-order valence-corrected chi connectivity index (χ4v) is 2.67. The molecule has 134 valence electrons. The van der Waals surface area contributed by atoms with Crippen LogP contribution in [-0.4, -0.2) is 27.3 Å². The van der Waals surface area contributed by atoms with Crippen molar-refractivity contribution >= 4 is 23.3 Å². The van der Waals surface area contributed by atoms with E-state index >= 15 is 0 Å². The number of carbonyl (C=O) groups is 1. The Kier molecular flexibility index (Phi) is 5.86. The number of aromatic nitrogens is 3. The van der Waals surface area contributed by atoms with Crippen LogP contribution in [0, 0.1) is 6.92 Å². The number of nitrogens with one attached hydrogen (secondary N) is 1. The lowest BCUT2D eigenvalue weighted by Gasteiger charge is -2.09. The predicted octanol–water partition coefficient (Wildman–Crippen LogP) is 3.50. The van der Waals surface area contributed by atoms with Crippen molar-refractivity contribution in [2.75, 3.05) is 11.9 Å². The Morgan fingerprint density at radius 3 is 2.81 bits per heavy atom. The Balaban J connectivity index is 1.48. The normalized spacial score (nSPS) is 10.5. The second kappa shape index (κ2) is 8.49. The summed E-state index contributed by atoms with van der Waals surface area (Å²) in [5, 5.41) is 7.71. The first kappa shape index (κ1) is 17.9. The van der Waals surface area contributed by atoms with Gasteiger partial charge in [-0.25, -0.2) is 0 Å². The molecule has 3 rings (SSSR count). The van der Waals surface area contributed by atoms with Crippen molar-refractivity contribution in [1.29, 1.82) is 0 Å². The van der Waals surface area contributed by atoms with Crippen molar-refractivity contribution in [2.24, 2.45) is 0 Å². The Bertz CT molecular complexity index is 880. The Morgan fingerprint density at radius 2 is 2.04 bits per heavy atom. The van der Waals surface area contributed by atoms with Gasteiger partial charge in [0.25, 0.3) is 5.91 Å². The third-order valence-electron chi connectivity index (χ3n) is 3.78. The maximum atomic E-state index is 12.0. The van der Waals surface area contributed by atoms with Crippen LogP contribution in [0.4, 0.5) is 5.82 Å². The summed E-state index contributed by atoms with van der Waals surface area (Å²) in [4.78, 5) is 16.0. The Morgan fingerprint density at radius 1 is 1.23 bits per heavy atom. The zero-order chi connectivity index (χ0) is 18.4. The number of aryl methyl sites for hydroxylation is 3. The molecular formula is C19H19ClN4O2. The molecule has 0 unspecified atom stereocenters. The average Bonchev–Trinajstić information content (AvgIpc) is 3.07. The van der Waals surface area contributed by atoms with Crippen LogP contribution < -0.4 is 10.1 Å². The molecule has 0 aliphatic carbocycles. The molecule has 1 aromatic carbocycles. The summed E-state index contributed by atoms with van der Waals surface area (Å²) in [5.41, 5.74) is 2.07. The largest absolute Gasteiger partial charge is 0.483 e. The van der Waals surface area contributed by atoms with Gasteiger partial charge in [-0.2, -0.15) is 5.10 Å². The van der Waals surface area contributed by atoms with Crippen LogP contribution in [-0.2, 0) is 17.8 Å². The Labute approximate surface area is 156 Å². The molecule has 0 aliphatic heterocycles. The molecule has 0 saturated carbocycles. The molecule has 0 spiro atoms. The van der Waals surface area contributed by atoms with Crippen LogP contribution in [0.5, 0.6) is 5.75 Å². The standard InChI is InChI=1S/C19H19ClN4O2/c1-14-12-16(20)2-3-17(14)26-13-19(25)22-18-7-11-24(23-18)10-6-15-4-8-21-9-5-15/h2-5,7-9,11-12H,6,10,13H2,1H3,(H,22,23,25). The lowest BCUT2D eigenvalue weighted by molar-refractivity contribution is -0.118. The molecule has 0 fully saturated rings. The first-order chi connectivity index (χ1) is 12.6. The molecule has 26 heavy (non-hydrogen) atoms. The molecule has 6 nitrogen and oxygen atoms in total. The van der Waals surface area contributed by atoms with Crippen molar-refractivity contribution in [3.63, 3.8) is 0 Å². The number of halogens is 1. The van der Waals surface area contributed by atoms with Crippen LogP contribution in [0.25, 0.3) is 0 Å². The van der Waals surface area contributed by atoms with E-state index in [4.69, 9.17) is 16.3 Å². The highest BCUT2D eigenvalue weighted by Crippen LogP contribution is 2.21. The van der Waals surface area contributed by atoms with Gasteiger partial charge in [0.2, 0.25) is 0 Å². The topological polar surface area (TPSA) is 69.0 Å². The molecule has 7 heteroatoms. The third-order valence-corrected chi connectivity index (χ3v) is 4.02. The summed E-state index contributed by atoms with van der Waals surface area (Å²) in [6.07, 6.45) is 6.22.